The van der Waals surface area contributed by atoms with E-state index < -0.39 is 40.8 Å². The average Bonchev–Trinajstić information content (AvgIpc) is 3.30. The number of ether oxygens (including phenoxy) is 1. The topological polar surface area (TPSA) is 79.7 Å². The summed E-state index contributed by atoms with van der Waals surface area (Å²) in [4.78, 5) is 15.9. The number of carboxylic acids is 1. The second-order valence-corrected chi connectivity index (χ2v) is 13.5. The molecule has 236 valence electrons. The number of alkyl halides is 3. The Bertz CT molecular complexity index is 1650. The van der Waals surface area contributed by atoms with Gasteiger partial charge in [-0.05, 0) is 87.4 Å². The molecule has 3 aromatic carbocycles. The number of hydrogen-bond acceptors (Lipinski definition) is 5. The molecule has 1 heterocycles. The molecule has 0 bridgehead atoms. The molecule has 44 heavy (non-hydrogen) atoms. The van der Waals surface area contributed by atoms with Crippen LogP contribution in [0.3, 0.4) is 0 Å². The molecule has 1 aromatic heterocycles. The van der Waals surface area contributed by atoms with E-state index in [0.717, 1.165) is 40.2 Å². The fraction of sp³-hybridized carbons (Fsp3) is 0.394. The number of halogens is 5. The molecule has 11 heteroatoms. The van der Waals surface area contributed by atoms with E-state index in [9.17, 15) is 32.6 Å². The molecular weight excluding hydrogens is 618 g/mol. The fourth-order valence-electron chi connectivity index (χ4n) is 5.23. The van der Waals surface area contributed by atoms with Gasteiger partial charge in [-0.2, -0.15) is 13.2 Å². The van der Waals surface area contributed by atoms with Gasteiger partial charge in [0.25, 0.3) is 0 Å². The van der Waals surface area contributed by atoms with Crippen molar-refractivity contribution in [2.24, 2.45) is 0 Å². The van der Waals surface area contributed by atoms with Gasteiger partial charge < -0.3 is 14.9 Å². The standard InChI is InChI=1S/C33H34ClF4NO4S/c1-31(2,18-30(40)41)43-27(12-10-20-9-11-22(34)15-23(20)32(3,4)42)21-7-5-6-19(14-21)8-13-29-39-26-17-25(35)24(33(36,37)38)16-28(26)44-29/h5-7,9,11,14-17,27,42H,8,10,12-13,18H2,1-4H3,(H,40,41). The van der Waals surface area contributed by atoms with Crippen LogP contribution in [0.4, 0.5) is 17.6 Å². The zero-order valence-electron chi connectivity index (χ0n) is 24.8. The molecule has 0 amide bonds. The van der Waals surface area contributed by atoms with E-state index in [1.165, 1.54) is 0 Å². The highest BCUT2D eigenvalue weighted by Crippen LogP contribution is 2.36. The number of aliphatic carboxylic acids is 1. The van der Waals surface area contributed by atoms with Gasteiger partial charge in [0.05, 0.1) is 44.5 Å². The largest absolute Gasteiger partial charge is 0.481 e. The Balaban J connectivity index is 1.57. The van der Waals surface area contributed by atoms with Gasteiger partial charge in [-0.3, -0.25) is 4.79 Å². The van der Waals surface area contributed by atoms with Crippen molar-refractivity contribution in [3.8, 4) is 0 Å². The fourth-order valence-corrected chi connectivity index (χ4v) is 6.39. The van der Waals surface area contributed by atoms with E-state index in [2.05, 4.69) is 4.98 Å². The van der Waals surface area contributed by atoms with Crippen LogP contribution in [-0.2, 0) is 40.6 Å². The normalized spacial score (nSPS) is 13.4. The molecule has 4 aromatic rings. The molecule has 4 rings (SSSR count). The van der Waals surface area contributed by atoms with Gasteiger partial charge >= 0.3 is 12.1 Å². The average molecular weight is 652 g/mol. The van der Waals surface area contributed by atoms with E-state index in [0.29, 0.717) is 41.3 Å². The van der Waals surface area contributed by atoms with Crippen LogP contribution in [0.1, 0.15) is 79.5 Å². The third kappa shape index (κ3) is 8.78. The number of thiazole rings is 1. The maximum Gasteiger partial charge on any atom is 0.419 e. The number of aliphatic hydroxyl groups is 1. The summed E-state index contributed by atoms with van der Waals surface area (Å²) in [6.07, 6.45) is -3.51. The Morgan fingerprint density at radius 3 is 2.39 bits per heavy atom. The van der Waals surface area contributed by atoms with Crippen LogP contribution < -0.4 is 0 Å². The van der Waals surface area contributed by atoms with Crippen molar-refractivity contribution in [2.75, 3.05) is 0 Å². The highest BCUT2D eigenvalue weighted by Gasteiger charge is 2.35. The molecule has 0 spiro atoms. The molecule has 1 atom stereocenters. The van der Waals surface area contributed by atoms with Gasteiger partial charge in [0, 0.05) is 17.5 Å². The van der Waals surface area contributed by atoms with Gasteiger partial charge in [-0.15, -0.1) is 11.3 Å². The number of benzene rings is 3. The van der Waals surface area contributed by atoms with Gasteiger partial charge in [0.15, 0.2) is 0 Å². The lowest BCUT2D eigenvalue weighted by molar-refractivity contribution is -0.148. The Morgan fingerprint density at radius 1 is 1.00 bits per heavy atom. The van der Waals surface area contributed by atoms with E-state index >= 15 is 0 Å². The third-order valence-electron chi connectivity index (χ3n) is 7.22. The molecule has 2 N–H and O–H groups in total. The summed E-state index contributed by atoms with van der Waals surface area (Å²) < 4.78 is 60.2. The third-order valence-corrected chi connectivity index (χ3v) is 8.54. The Labute approximate surface area is 262 Å². The first-order chi connectivity index (χ1) is 20.4. The van der Waals surface area contributed by atoms with Crippen molar-refractivity contribution in [1.82, 2.24) is 4.98 Å². The van der Waals surface area contributed by atoms with Crippen LogP contribution in [0.25, 0.3) is 10.2 Å². The number of hydrogen-bond donors (Lipinski definition) is 2. The quantitative estimate of drug-likeness (QED) is 0.149. The predicted molar refractivity (Wildman–Crippen MR) is 164 cm³/mol. The van der Waals surface area contributed by atoms with Crippen molar-refractivity contribution >= 4 is 39.1 Å². The van der Waals surface area contributed by atoms with Crippen molar-refractivity contribution in [1.29, 1.82) is 0 Å². The maximum absolute atomic E-state index is 14.0. The molecule has 0 fully saturated rings. The summed E-state index contributed by atoms with van der Waals surface area (Å²) in [5.74, 6) is -2.33. The molecule has 0 saturated heterocycles. The minimum Gasteiger partial charge on any atom is -0.481 e. The van der Waals surface area contributed by atoms with Crippen molar-refractivity contribution in [3.63, 3.8) is 0 Å². The Hall–Kier alpha value is -3.05. The highest BCUT2D eigenvalue weighted by molar-refractivity contribution is 7.18. The minimum absolute atomic E-state index is 0.186. The monoisotopic (exact) mass is 651 g/mol. The van der Waals surface area contributed by atoms with Crippen LogP contribution in [-0.4, -0.2) is 26.8 Å². The number of carbonyl (C=O) groups is 1. The summed E-state index contributed by atoms with van der Waals surface area (Å²) in [6.45, 7) is 6.82. The lowest BCUT2D eigenvalue weighted by atomic mass is 9.89. The predicted octanol–water partition coefficient (Wildman–Crippen LogP) is 9.06. The second kappa shape index (κ2) is 13.1. The molecular formula is C33H34ClF4NO4S. The van der Waals surface area contributed by atoms with Crippen LogP contribution >= 0.6 is 22.9 Å². The van der Waals surface area contributed by atoms with Crippen LogP contribution in [0.15, 0.2) is 54.6 Å². The smallest absolute Gasteiger partial charge is 0.419 e. The van der Waals surface area contributed by atoms with Crippen molar-refractivity contribution < 1.29 is 37.3 Å². The molecule has 0 saturated carbocycles. The van der Waals surface area contributed by atoms with E-state index in [1.807, 2.05) is 30.3 Å². The number of nitrogens with zero attached hydrogens (tertiary/aromatic N) is 1. The SMILES string of the molecule is CC(C)(CC(=O)O)OC(CCc1ccc(Cl)cc1C(C)(C)O)c1cccc(CCc2nc3cc(F)c(C(F)(F)F)cc3s2)c1. The van der Waals surface area contributed by atoms with E-state index in [1.54, 1.807) is 39.8 Å². The van der Waals surface area contributed by atoms with Crippen LogP contribution in [0.5, 0.6) is 0 Å². The number of rotatable bonds is 12. The zero-order valence-corrected chi connectivity index (χ0v) is 26.3. The number of fused-ring (bicyclic) bond motifs is 1. The first kappa shape index (κ1) is 33.8. The van der Waals surface area contributed by atoms with Gasteiger partial charge in [0.1, 0.15) is 5.82 Å². The molecule has 0 radical (unpaired) electrons. The second-order valence-electron chi connectivity index (χ2n) is 12.0. The van der Waals surface area contributed by atoms with Crippen LogP contribution in [0.2, 0.25) is 5.02 Å². The number of aryl methyl sites for hydroxylation is 3. The van der Waals surface area contributed by atoms with Gasteiger partial charge in [0.2, 0.25) is 0 Å². The van der Waals surface area contributed by atoms with Crippen molar-refractivity contribution in [3.05, 3.63) is 98.3 Å². The first-order valence-corrected chi connectivity index (χ1v) is 15.3. The Morgan fingerprint density at radius 2 is 1.73 bits per heavy atom. The molecule has 0 aliphatic heterocycles. The molecule has 1 unspecified atom stereocenters. The summed E-state index contributed by atoms with van der Waals surface area (Å²) in [6, 6.07) is 14.7. The lowest BCUT2D eigenvalue weighted by Crippen LogP contribution is -2.30. The van der Waals surface area contributed by atoms with Crippen LogP contribution in [0, 0.1) is 5.82 Å². The molecule has 0 aliphatic carbocycles. The summed E-state index contributed by atoms with van der Waals surface area (Å²) in [5.41, 5.74) is 0.128. The number of carboxylic acid groups (broad SMARTS) is 1. The number of aromatic nitrogens is 1. The van der Waals surface area contributed by atoms with Crippen molar-refractivity contribution in [2.45, 2.75) is 83.3 Å². The Kier molecular flexibility index (Phi) is 10.1. The summed E-state index contributed by atoms with van der Waals surface area (Å²) >= 11 is 7.31. The molecule has 5 nitrogen and oxygen atoms in total. The summed E-state index contributed by atoms with van der Waals surface area (Å²) in [5, 5.41) is 21.3. The maximum atomic E-state index is 14.0. The minimum atomic E-state index is -4.79. The first-order valence-electron chi connectivity index (χ1n) is 14.1. The van der Waals surface area contributed by atoms with Gasteiger partial charge in [-0.25, -0.2) is 9.37 Å². The lowest BCUT2D eigenvalue weighted by Gasteiger charge is -2.31. The highest BCUT2D eigenvalue weighted by atomic mass is 35.5. The zero-order chi connectivity index (χ0) is 32.4. The van der Waals surface area contributed by atoms with E-state index in [-0.39, 0.29) is 16.6 Å². The van der Waals surface area contributed by atoms with E-state index in [4.69, 9.17) is 16.3 Å². The van der Waals surface area contributed by atoms with Gasteiger partial charge in [-0.1, -0.05) is 41.9 Å². The molecule has 0 aliphatic rings. The summed E-state index contributed by atoms with van der Waals surface area (Å²) in [7, 11) is 0.